The summed E-state index contributed by atoms with van der Waals surface area (Å²) in [4.78, 5) is 51.3. The average molecular weight is 658 g/mol. The molecule has 2 aromatic rings. The predicted molar refractivity (Wildman–Crippen MR) is 159 cm³/mol. The number of carbonyl (C=O) groups excluding carboxylic acids is 2. The molecule has 1 fully saturated rings. The largest absolute Gasteiger partial charge is 0.466 e. The number of nitrogens with zero attached hydrogens (tertiary/aromatic N) is 1. The molecular formula is C29H41FN3O11P. The van der Waals surface area contributed by atoms with E-state index in [-0.39, 0.29) is 30.8 Å². The van der Waals surface area contributed by atoms with Crippen LogP contribution in [0.1, 0.15) is 53.2 Å². The molecule has 1 aliphatic rings. The van der Waals surface area contributed by atoms with Crippen LogP contribution in [-0.2, 0) is 32.9 Å². The lowest BCUT2D eigenvalue weighted by atomic mass is 10.1. The van der Waals surface area contributed by atoms with Crippen molar-refractivity contribution in [3.8, 4) is 5.75 Å². The van der Waals surface area contributed by atoms with Gasteiger partial charge >= 0.3 is 25.4 Å². The van der Waals surface area contributed by atoms with Gasteiger partial charge in [0.15, 0.2) is 12.4 Å². The van der Waals surface area contributed by atoms with Gasteiger partial charge in [0.1, 0.15) is 24.0 Å². The molecule has 1 aromatic carbocycles. The highest BCUT2D eigenvalue weighted by atomic mass is 31.2. The van der Waals surface area contributed by atoms with Gasteiger partial charge in [0.2, 0.25) is 0 Å². The third kappa shape index (κ3) is 11.2. The Bertz CT molecular complexity index is 1420. The number of halogens is 1. The highest BCUT2D eigenvalue weighted by Crippen LogP contribution is 2.46. The van der Waals surface area contributed by atoms with Crippen molar-refractivity contribution in [2.75, 3.05) is 19.8 Å². The van der Waals surface area contributed by atoms with Crippen molar-refractivity contribution in [1.82, 2.24) is 14.6 Å². The molecule has 6 atom stereocenters. The molecule has 250 valence electrons. The molecule has 0 amide bonds. The number of aromatic amines is 1. The van der Waals surface area contributed by atoms with E-state index in [1.165, 1.54) is 12.1 Å². The molecular weight excluding hydrogens is 616 g/mol. The second-order valence-corrected chi connectivity index (χ2v) is 13.0. The van der Waals surface area contributed by atoms with Gasteiger partial charge in [-0.2, -0.15) is 5.09 Å². The molecule has 2 unspecified atom stereocenters. The van der Waals surface area contributed by atoms with E-state index in [2.05, 4.69) is 5.09 Å². The van der Waals surface area contributed by atoms with Crippen LogP contribution in [0.3, 0.4) is 0 Å². The summed E-state index contributed by atoms with van der Waals surface area (Å²) in [6, 6.07) is 7.23. The van der Waals surface area contributed by atoms with Crippen molar-refractivity contribution in [2.24, 2.45) is 11.8 Å². The summed E-state index contributed by atoms with van der Waals surface area (Å²) < 4.78 is 57.2. The van der Waals surface area contributed by atoms with Gasteiger partial charge in [-0.3, -0.25) is 28.5 Å². The summed E-state index contributed by atoms with van der Waals surface area (Å²) in [6.07, 6.45) is -5.51. The van der Waals surface area contributed by atoms with Gasteiger partial charge in [-0.25, -0.2) is 13.8 Å². The summed E-state index contributed by atoms with van der Waals surface area (Å²) >= 11 is 0. The Morgan fingerprint density at radius 2 is 1.71 bits per heavy atom. The summed E-state index contributed by atoms with van der Waals surface area (Å²) in [6.45, 7) is 7.19. The zero-order valence-corrected chi connectivity index (χ0v) is 26.5. The normalized spacial score (nSPS) is 21.8. The van der Waals surface area contributed by atoms with Crippen LogP contribution in [0.2, 0.25) is 0 Å². The molecule has 45 heavy (non-hydrogen) atoms. The SMILES string of the molecule is CC(C)CCOC(=O)C[C@H](NP(=O)(OC[C@H]1O[C@@H](n2ccc(=O)[nH]c2=O)[C@H](F)C1O)Oc1ccccc1)C(=O)OCCC(C)C. The van der Waals surface area contributed by atoms with Crippen molar-refractivity contribution in [3.63, 3.8) is 0 Å². The number of ether oxygens (including phenoxy) is 3. The first kappa shape index (κ1) is 36.1. The Morgan fingerprint density at radius 1 is 1.07 bits per heavy atom. The molecule has 0 bridgehead atoms. The fourth-order valence-electron chi connectivity index (χ4n) is 4.08. The number of rotatable bonds is 17. The number of H-pyrrole nitrogens is 1. The number of aliphatic hydroxyl groups excluding tert-OH is 1. The van der Waals surface area contributed by atoms with E-state index in [1.807, 2.05) is 32.7 Å². The molecule has 1 saturated heterocycles. The number of nitrogens with one attached hydrogen (secondary N) is 2. The zero-order chi connectivity index (χ0) is 33.1. The summed E-state index contributed by atoms with van der Waals surface area (Å²) in [5.41, 5.74) is -1.68. The van der Waals surface area contributed by atoms with Crippen LogP contribution in [0.5, 0.6) is 5.75 Å². The fourth-order valence-corrected chi connectivity index (χ4v) is 5.58. The Labute approximate surface area is 259 Å². The van der Waals surface area contributed by atoms with Crippen LogP contribution in [0, 0.1) is 11.8 Å². The molecule has 3 N–H and O–H groups in total. The number of alkyl halides is 1. The maximum Gasteiger partial charge on any atom is 0.459 e. The topological polar surface area (TPSA) is 184 Å². The van der Waals surface area contributed by atoms with Gasteiger partial charge in [-0.15, -0.1) is 0 Å². The van der Waals surface area contributed by atoms with Crippen molar-refractivity contribution in [2.45, 2.75) is 77.6 Å². The molecule has 2 heterocycles. The third-order valence-electron chi connectivity index (χ3n) is 6.66. The van der Waals surface area contributed by atoms with E-state index in [4.69, 9.17) is 23.3 Å². The fraction of sp³-hybridized carbons (Fsp3) is 0.586. The van der Waals surface area contributed by atoms with Gasteiger partial charge in [0, 0.05) is 12.3 Å². The summed E-state index contributed by atoms with van der Waals surface area (Å²) in [5.74, 6) is -1.12. The van der Waals surface area contributed by atoms with Crippen LogP contribution < -0.4 is 20.9 Å². The van der Waals surface area contributed by atoms with E-state index in [0.717, 1.165) is 16.8 Å². The van der Waals surface area contributed by atoms with Crippen LogP contribution in [0.25, 0.3) is 0 Å². The first-order valence-corrected chi connectivity index (χ1v) is 16.2. The lowest BCUT2D eigenvalue weighted by Gasteiger charge is -2.26. The van der Waals surface area contributed by atoms with Crippen LogP contribution in [0.15, 0.2) is 52.2 Å². The van der Waals surface area contributed by atoms with E-state index >= 15 is 4.39 Å². The number of esters is 2. The van der Waals surface area contributed by atoms with Crippen LogP contribution >= 0.6 is 7.75 Å². The summed E-state index contributed by atoms with van der Waals surface area (Å²) in [7, 11) is -4.59. The maximum absolute atomic E-state index is 15.0. The molecule has 14 nitrogen and oxygen atoms in total. The monoisotopic (exact) mass is 657 g/mol. The smallest absolute Gasteiger partial charge is 0.459 e. The van der Waals surface area contributed by atoms with Crippen molar-refractivity contribution < 1.29 is 46.9 Å². The maximum atomic E-state index is 15.0. The van der Waals surface area contributed by atoms with Gasteiger partial charge in [-0.1, -0.05) is 45.9 Å². The number of aliphatic hydroxyl groups is 1. The Balaban J connectivity index is 1.81. The second kappa shape index (κ2) is 16.8. The van der Waals surface area contributed by atoms with Crippen LogP contribution in [-0.4, -0.2) is 70.8 Å². The van der Waals surface area contributed by atoms with Gasteiger partial charge in [0.05, 0.1) is 26.2 Å². The molecule has 1 aliphatic heterocycles. The lowest BCUT2D eigenvalue weighted by Crippen LogP contribution is -2.41. The van der Waals surface area contributed by atoms with Gasteiger partial charge in [-0.05, 0) is 36.8 Å². The standard InChI is InChI=1S/C29H41FN3O11P/c1-18(2)11-14-40-24(35)16-21(28(37)41-15-12-19(3)4)32-45(39,44-20-8-6-5-7-9-20)42-17-22-26(36)25(30)27(43-22)33-13-10-23(34)31-29(33)38/h5-10,13,18-19,21-22,25-27,36H,11-12,14-17H2,1-4H3,(H,32,39)(H,31,34,38)/t21-,22+,25+,26?,27+,45?/m0/s1. The Kier molecular flexibility index (Phi) is 13.5. The number of hydrogen-bond acceptors (Lipinski definition) is 11. The molecule has 1 aromatic heterocycles. The number of carbonyl (C=O) groups is 2. The quantitative estimate of drug-likeness (QED) is 0.167. The predicted octanol–water partition coefficient (Wildman–Crippen LogP) is 2.86. The molecule has 0 aliphatic carbocycles. The minimum Gasteiger partial charge on any atom is -0.466 e. The third-order valence-corrected chi connectivity index (χ3v) is 8.23. The van der Waals surface area contributed by atoms with E-state index in [1.54, 1.807) is 18.2 Å². The molecule has 0 spiro atoms. The Hall–Kier alpha value is -3.36. The van der Waals surface area contributed by atoms with Crippen LogP contribution in [0.4, 0.5) is 4.39 Å². The van der Waals surface area contributed by atoms with Crippen molar-refractivity contribution >= 4 is 19.7 Å². The number of aromatic nitrogens is 2. The van der Waals surface area contributed by atoms with E-state index in [9.17, 15) is 28.8 Å². The number of para-hydroxylation sites is 1. The molecule has 0 radical (unpaired) electrons. The zero-order valence-electron chi connectivity index (χ0n) is 25.6. The lowest BCUT2D eigenvalue weighted by molar-refractivity contribution is -0.152. The molecule has 3 rings (SSSR count). The first-order chi connectivity index (χ1) is 21.3. The molecule has 16 heteroatoms. The molecule has 0 saturated carbocycles. The minimum absolute atomic E-state index is 0.0350. The van der Waals surface area contributed by atoms with E-state index < -0.39 is 74.6 Å². The van der Waals surface area contributed by atoms with Crippen molar-refractivity contribution in [3.05, 3.63) is 63.4 Å². The second-order valence-electron chi connectivity index (χ2n) is 11.4. The number of benzene rings is 1. The highest BCUT2D eigenvalue weighted by molar-refractivity contribution is 7.52. The van der Waals surface area contributed by atoms with Gasteiger partial charge < -0.3 is 23.8 Å². The highest BCUT2D eigenvalue weighted by Gasteiger charge is 2.47. The van der Waals surface area contributed by atoms with E-state index in [0.29, 0.717) is 12.8 Å². The first-order valence-electron chi connectivity index (χ1n) is 14.7. The number of hydrogen-bond donors (Lipinski definition) is 3. The summed E-state index contributed by atoms with van der Waals surface area (Å²) in [5, 5.41) is 13.0. The van der Waals surface area contributed by atoms with Crippen molar-refractivity contribution in [1.29, 1.82) is 0 Å². The Morgan fingerprint density at radius 3 is 2.33 bits per heavy atom. The average Bonchev–Trinajstić information content (AvgIpc) is 3.24. The minimum atomic E-state index is -4.59. The van der Waals surface area contributed by atoms with Gasteiger partial charge in [0.25, 0.3) is 5.56 Å².